The van der Waals surface area contributed by atoms with E-state index in [1.165, 1.54) is 44.3 Å². The number of hydrogen-bond acceptors (Lipinski definition) is 2. The van der Waals surface area contributed by atoms with Gasteiger partial charge >= 0.3 is 0 Å². The van der Waals surface area contributed by atoms with E-state index in [-0.39, 0.29) is 0 Å². The maximum Gasteiger partial charge on any atom is 0.252 e. The lowest BCUT2D eigenvalue weighted by Gasteiger charge is -2.43. The van der Waals surface area contributed by atoms with Crippen LogP contribution in [-0.4, -0.2) is 28.9 Å². The van der Waals surface area contributed by atoms with Gasteiger partial charge in [0.15, 0.2) is 0 Å². The van der Waals surface area contributed by atoms with Crippen molar-refractivity contribution in [1.29, 1.82) is 0 Å². The Morgan fingerprint density at radius 1 is 0.667 bits per heavy atom. The summed E-state index contributed by atoms with van der Waals surface area (Å²) < 4.78 is 0. The molecular weight excluding hydrogens is 343 g/mol. The van der Waals surface area contributed by atoms with Crippen molar-refractivity contribution in [3.8, 4) is 0 Å². The van der Waals surface area contributed by atoms with Crippen LogP contribution in [0.2, 0.25) is 19.6 Å². The van der Waals surface area contributed by atoms with Crippen LogP contribution in [0.15, 0.2) is 60.7 Å². The Hall–Kier alpha value is -2.46. The molecule has 0 saturated heterocycles. The van der Waals surface area contributed by atoms with E-state index < -0.39 is 8.07 Å². The summed E-state index contributed by atoms with van der Waals surface area (Å²) in [7, 11) is 3.01. The highest BCUT2D eigenvalue weighted by atomic mass is 28.3. The molecule has 2 heterocycles. The van der Waals surface area contributed by atoms with E-state index in [1.807, 2.05) is 0 Å². The smallest absolute Gasteiger partial charge is 0.252 e. The van der Waals surface area contributed by atoms with Crippen LogP contribution < -0.4 is 31.4 Å². The molecule has 0 atom stereocenters. The largest absolute Gasteiger partial charge is 0.345 e. The zero-order valence-corrected chi connectivity index (χ0v) is 17.7. The average molecular weight is 368 g/mol. The second-order valence-electron chi connectivity index (χ2n) is 8.85. The van der Waals surface area contributed by atoms with Crippen molar-refractivity contribution in [2.75, 3.05) is 23.9 Å². The molecular formula is C23H25BN2Si. The molecule has 4 heteroatoms. The van der Waals surface area contributed by atoms with Crippen molar-refractivity contribution in [2.45, 2.75) is 19.6 Å². The van der Waals surface area contributed by atoms with Gasteiger partial charge in [0.25, 0.3) is 6.71 Å². The van der Waals surface area contributed by atoms with Gasteiger partial charge in [0.05, 0.1) is 8.07 Å². The molecule has 0 radical (unpaired) electrons. The van der Waals surface area contributed by atoms with Crippen LogP contribution in [0.5, 0.6) is 0 Å². The Kier molecular flexibility index (Phi) is 3.42. The van der Waals surface area contributed by atoms with Crippen LogP contribution in [-0.2, 0) is 0 Å². The summed E-state index contributed by atoms with van der Waals surface area (Å²) >= 11 is 0. The van der Waals surface area contributed by atoms with E-state index in [2.05, 4.69) is 104 Å². The van der Waals surface area contributed by atoms with Gasteiger partial charge in [0.1, 0.15) is 0 Å². The summed E-state index contributed by atoms with van der Waals surface area (Å²) in [5, 5.41) is 1.52. The van der Waals surface area contributed by atoms with Gasteiger partial charge < -0.3 is 9.80 Å². The minimum atomic E-state index is -1.43. The molecule has 0 spiro atoms. The molecule has 0 aliphatic carbocycles. The second-order valence-corrected chi connectivity index (χ2v) is 13.9. The maximum atomic E-state index is 2.47. The van der Waals surface area contributed by atoms with E-state index in [9.17, 15) is 0 Å². The number of hydrogen-bond donors (Lipinski definition) is 0. The van der Waals surface area contributed by atoms with Gasteiger partial charge in [-0.15, -0.1) is 0 Å². The summed E-state index contributed by atoms with van der Waals surface area (Å²) in [6, 6.07) is 22.7. The molecule has 0 unspecified atom stereocenters. The van der Waals surface area contributed by atoms with Crippen LogP contribution >= 0.6 is 0 Å². The van der Waals surface area contributed by atoms with Crippen LogP contribution in [0, 0.1) is 0 Å². The Morgan fingerprint density at radius 3 is 1.56 bits per heavy atom. The second kappa shape index (κ2) is 5.52. The van der Waals surface area contributed by atoms with Crippen LogP contribution in [0.4, 0.5) is 22.7 Å². The Labute approximate surface area is 163 Å². The predicted octanol–water partition coefficient (Wildman–Crippen LogP) is 2.91. The van der Waals surface area contributed by atoms with Crippen molar-refractivity contribution < 1.29 is 0 Å². The molecule has 3 aromatic rings. The van der Waals surface area contributed by atoms with Crippen molar-refractivity contribution in [3.05, 3.63) is 60.7 Å². The first-order valence-electron chi connectivity index (χ1n) is 9.71. The fourth-order valence-electron chi connectivity index (χ4n) is 4.72. The number of anilines is 4. The molecule has 134 valence electrons. The number of nitrogens with zero attached hydrogens (tertiary/aromatic N) is 2. The van der Waals surface area contributed by atoms with Crippen LogP contribution in [0.3, 0.4) is 0 Å². The van der Waals surface area contributed by atoms with Gasteiger partial charge in [-0.25, -0.2) is 0 Å². The Morgan fingerprint density at radius 2 is 1.11 bits per heavy atom. The molecule has 0 N–H and O–H groups in total. The topological polar surface area (TPSA) is 6.48 Å². The molecule has 0 bridgehead atoms. The summed E-state index contributed by atoms with van der Waals surface area (Å²) in [4.78, 5) is 4.80. The number of rotatable bonds is 1. The quantitative estimate of drug-likeness (QED) is 0.610. The molecule has 0 fully saturated rings. The van der Waals surface area contributed by atoms with Gasteiger partial charge in [-0.1, -0.05) is 61.2 Å². The highest BCUT2D eigenvalue weighted by Gasteiger charge is 2.41. The summed E-state index contributed by atoms with van der Waals surface area (Å²) in [5.74, 6) is 0. The van der Waals surface area contributed by atoms with E-state index in [0.717, 1.165) is 0 Å². The maximum absolute atomic E-state index is 2.47. The molecule has 2 aliphatic heterocycles. The van der Waals surface area contributed by atoms with E-state index in [1.54, 1.807) is 0 Å². The molecule has 5 rings (SSSR count). The van der Waals surface area contributed by atoms with Gasteiger partial charge in [0, 0.05) is 36.8 Å². The zero-order chi connectivity index (χ0) is 18.9. The average Bonchev–Trinajstić information content (AvgIpc) is 2.66. The molecule has 0 amide bonds. The number of benzene rings is 3. The third-order valence-electron chi connectivity index (χ3n) is 6.23. The first-order valence-corrected chi connectivity index (χ1v) is 13.2. The van der Waals surface area contributed by atoms with Crippen LogP contribution in [0.1, 0.15) is 0 Å². The SMILES string of the molecule is CN1c2ccccc2B2c3ccccc3N(C)c3cc([Si](C)(C)C)cc1c32. The highest BCUT2D eigenvalue weighted by molar-refractivity contribution is 7.00. The molecule has 27 heavy (non-hydrogen) atoms. The van der Waals surface area contributed by atoms with Gasteiger partial charge in [-0.2, -0.15) is 0 Å². The van der Waals surface area contributed by atoms with Crippen LogP contribution in [0.25, 0.3) is 0 Å². The monoisotopic (exact) mass is 368 g/mol. The lowest BCUT2D eigenvalue weighted by atomic mass is 9.33. The van der Waals surface area contributed by atoms with Crippen molar-refractivity contribution in [1.82, 2.24) is 0 Å². The van der Waals surface area contributed by atoms with E-state index in [4.69, 9.17) is 0 Å². The van der Waals surface area contributed by atoms with E-state index >= 15 is 0 Å². The van der Waals surface area contributed by atoms with Crippen molar-refractivity contribution >= 4 is 59.1 Å². The first-order chi connectivity index (χ1) is 12.9. The molecule has 2 nitrogen and oxygen atoms in total. The number of fused-ring (bicyclic) bond motifs is 4. The molecule has 0 saturated carbocycles. The minimum Gasteiger partial charge on any atom is -0.345 e. The minimum absolute atomic E-state index is 0.311. The van der Waals surface area contributed by atoms with Crippen molar-refractivity contribution in [3.63, 3.8) is 0 Å². The third kappa shape index (κ3) is 2.26. The standard InChI is InChI=1S/C23H25BN2Si/c1-25-19-12-8-6-10-17(19)24-18-11-7-9-13-20(18)26(2)22-15-16(27(3,4)5)14-21(25)23(22)24/h6-15H,1-5H3. The van der Waals surface area contributed by atoms with Crippen molar-refractivity contribution in [2.24, 2.45) is 0 Å². The third-order valence-corrected chi connectivity index (χ3v) is 8.25. The Balaban J connectivity index is 1.90. The Bertz CT molecular complexity index is 995. The van der Waals surface area contributed by atoms with Gasteiger partial charge in [-0.05, 0) is 40.7 Å². The number of para-hydroxylation sites is 2. The molecule has 0 aromatic heterocycles. The summed E-state index contributed by atoms with van der Waals surface area (Å²) in [5.41, 5.74) is 9.68. The summed E-state index contributed by atoms with van der Waals surface area (Å²) in [6.07, 6.45) is 0. The lowest BCUT2D eigenvalue weighted by molar-refractivity contribution is 1.18. The van der Waals surface area contributed by atoms with Gasteiger partial charge in [-0.3, -0.25) is 0 Å². The molecule has 2 aliphatic rings. The lowest BCUT2D eigenvalue weighted by Crippen LogP contribution is -2.62. The fraction of sp³-hybridized carbons (Fsp3) is 0.217. The normalized spacial score (nSPS) is 14.6. The van der Waals surface area contributed by atoms with Gasteiger partial charge in [0.2, 0.25) is 0 Å². The predicted molar refractivity (Wildman–Crippen MR) is 123 cm³/mol. The molecule has 3 aromatic carbocycles. The zero-order valence-electron chi connectivity index (χ0n) is 16.7. The highest BCUT2D eigenvalue weighted by Crippen LogP contribution is 2.35. The fourth-order valence-corrected chi connectivity index (χ4v) is 5.86. The summed E-state index contributed by atoms with van der Waals surface area (Å²) in [6.45, 7) is 7.62. The van der Waals surface area contributed by atoms with E-state index in [0.29, 0.717) is 6.71 Å². The first kappa shape index (κ1) is 16.7.